The van der Waals surface area contributed by atoms with Crippen molar-refractivity contribution in [3.63, 3.8) is 0 Å². The Bertz CT molecular complexity index is 767. The van der Waals surface area contributed by atoms with Gasteiger partial charge in [-0.15, -0.1) is 0 Å². The quantitative estimate of drug-likeness (QED) is 0.629. The lowest BCUT2D eigenvalue weighted by Crippen LogP contribution is -2.46. The minimum absolute atomic E-state index is 0.0239. The van der Waals surface area contributed by atoms with Crippen LogP contribution in [0.5, 0.6) is 5.75 Å². The van der Waals surface area contributed by atoms with Crippen molar-refractivity contribution in [2.75, 3.05) is 7.11 Å². The number of hydrogen-bond donors (Lipinski definition) is 0. The number of Topliss-reactive ketones (excluding diaryl/α,β-unsaturated/α-hetero) is 4. The molecule has 2 saturated carbocycles. The first kappa shape index (κ1) is 23.4. The average Bonchev–Trinajstić information content (AvgIpc) is 2.71. The van der Waals surface area contributed by atoms with E-state index in [4.69, 9.17) is 4.74 Å². The standard InChI is InChI=1S/C26H34O5/c1-14(2)17-10-20(27)25(21(28)11-17)24(16-6-8-19(31-5)9-7-16)26-22(29)12-18(15(3)4)13-23(26)30/h6-9,14-15,17-18,24-26H,10-13H2,1-5H3. The number of methoxy groups -OCH3 is 1. The van der Waals surface area contributed by atoms with Crippen molar-refractivity contribution in [3.05, 3.63) is 29.8 Å². The topological polar surface area (TPSA) is 77.5 Å². The number of rotatable bonds is 6. The van der Waals surface area contributed by atoms with Crippen molar-refractivity contribution in [2.45, 2.75) is 59.3 Å². The summed E-state index contributed by atoms with van der Waals surface area (Å²) in [5.41, 5.74) is 0.685. The molecule has 0 heterocycles. The minimum Gasteiger partial charge on any atom is -0.497 e. The van der Waals surface area contributed by atoms with Gasteiger partial charge in [0, 0.05) is 31.6 Å². The van der Waals surface area contributed by atoms with Crippen LogP contribution < -0.4 is 4.74 Å². The molecule has 2 fully saturated rings. The molecule has 0 atom stereocenters. The van der Waals surface area contributed by atoms with E-state index < -0.39 is 17.8 Å². The van der Waals surface area contributed by atoms with Crippen LogP contribution in [0.3, 0.4) is 0 Å². The molecule has 0 bridgehead atoms. The molecule has 168 valence electrons. The second-order valence-corrected chi connectivity index (χ2v) is 9.94. The van der Waals surface area contributed by atoms with Gasteiger partial charge in [0.15, 0.2) is 0 Å². The molecule has 1 aromatic rings. The Morgan fingerprint density at radius 1 is 0.677 bits per heavy atom. The van der Waals surface area contributed by atoms with E-state index in [2.05, 4.69) is 0 Å². The molecule has 2 aliphatic carbocycles. The van der Waals surface area contributed by atoms with Crippen LogP contribution >= 0.6 is 0 Å². The Kier molecular flexibility index (Phi) is 7.13. The Morgan fingerprint density at radius 3 is 1.32 bits per heavy atom. The molecule has 5 heteroatoms. The highest BCUT2D eigenvalue weighted by Gasteiger charge is 2.50. The van der Waals surface area contributed by atoms with Gasteiger partial charge in [0.05, 0.1) is 18.9 Å². The van der Waals surface area contributed by atoms with Gasteiger partial charge < -0.3 is 4.74 Å². The molecular formula is C26H34O5. The summed E-state index contributed by atoms with van der Waals surface area (Å²) in [4.78, 5) is 52.9. The first-order chi connectivity index (χ1) is 14.6. The molecule has 0 N–H and O–H groups in total. The number of hydrogen-bond acceptors (Lipinski definition) is 5. The maximum Gasteiger partial charge on any atom is 0.144 e. The highest BCUT2D eigenvalue weighted by atomic mass is 16.5. The number of ether oxygens (including phenoxy) is 1. The van der Waals surface area contributed by atoms with E-state index in [1.54, 1.807) is 31.4 Å². The molecule has 31 heavy (non-hydrogen) atoms. The summed E-state index contributed by atoms with van der Waals surface area (Å²) in [5.74, 6) is -1.98. The molecule has 1 aromatic carbocycles. The van der Waals surface area contributed by atoms with Crippen LogP contribution in [0.15, 0.2) is 24.3 Å². The molecule has 0 unspecified atom stereocenters. The molecule has 0 spiro atoms. The van der Waals surface area contributed by atoms with Crippen LogP contribution in [0, 0.1) is 35.5 Å². The van der Waals surface area contributed by atoms with E-state index in [1.807, 2.05) is 27.7 Å². The normalized spacial score (nSPS) is 28.4. The van der Waals surface area contributed by atoms with E-state index in [1.165, 1.54) is 0 Å². The van der Waals surface area contributed by atoms with Gasteiger partial charge in [-0.3, -0.25) is 19.2 Å². The molecular weight excluding hydrogens is 392 g/mol. The van der Waals surface area contributed by atoms with Gasteiger partial charge in [0.2, 0.25) is 0 Å². The third-order valence-corrected chi connectivity index (χ3v) is 7.35. The van der Waals surface area contributed by atoms with Gasteiger partial charge in [0.25, 0.3) is 0 Å². The number of ketones is 4. The molecule has 5 nitrogen and oxygen atoms in total. The highest BCUT2D eigenvalue weighted by Crippen LogP contribution is 2.44. The summed E-state index contributed by atoms with van der Waals surface area (Å²) in [7, 11) is 1.56. The number of carbonyl (C=O) groups is 4. The Morgan fingerprint density at radius 2 is 1.03 bits per heavy atom. The predicted molar refractivity (Wildman–Crippen MR) is 118 cm³/mol. The van der Waals surface area contributed by atoms with Crippen LogP contribution in [0.2, 0.25) is 0 Å². The fraction of sp³-hybridized carbons (Fsp3) is 0.615. The predicted octanol–water partition coefficient (Wildman–Crippen LogP) is 4.42. The zero-order valence-electron chi connectivity index (χ0n) is 19.2. The van der Waals surface area contributed by atoms with Gasteiger partial charge in [-0.2, -0.15) is 0 Å². The Hall–Kier alpha value is -2.30. The van der Waals surface area contributed by atoms with Crippen molar-refractivity contribution in [3.8, 4) is 5.75 Å². The van der Waals surface area contributed by atoms with E-state index in [-0.39, 0.29) is 46.8 Å². The second kappa shape index (κ2) is 9.46. The summed E-state index contributed by atoms with van der Waals surface area (Å²) in [6.07, 6.45) is 1.30. The van der Waals surface area contributed by atoms with Gasteiger partial charge in [0.1, 0.15) is 28.9 Å². The first-order valence-electron chi connectivity index (χ1n) is 11.4. The van der Waals surface area contributed by atoms with Gasteiger partial charge >= 0.3 is 0 Å². The maximum absolute atomic E-state index is 13.2. The van der Waals surface area contributed by atoms with Crippen molar-refractivity contribution < 1.29 is 23.9 Å². The van der Waals surface area contributed by atoms with E-state index in [0.29, 0.717) is 37.0 Å². The van der Waals surface area contributed by atoms with Gasteiger partial charge in [-0.1, -0.05) is 39.8 Å². The maximum atomic E-state index is 13.2. The lowest BCUT2D eigenvalue weighted by molar-refractivity contribution is -0.144. The third kappa shape index (κ3) is 4.81. The van der Waals surface area contributed by atoms with E-state index in [0.717, 1.165) is 0 Å². The summed E-state index contributed by atoms with van der Waals surface area (Å²) in [5, 5.41) is 0. The van der Waals surface area contributed by atoms with Gasteiger partial charge in [-0.25, -0.2) is 0 Å². The summed E-state index contributed by atoms with van der Waals surface area (Å²) in [6.45, 7) is 8.08. The van der Waals surface area contributed by atoms with Crippen LogP contribution in [0.1, 0.15) is 64.9 Å². The van der Waals surface area contributed by atoms with Crippen molar-refractivity contribution in [2.24, 2.45) is 35.5 Å². The van der Waals surface area contributed by atoms with Crippen LogP contribution in [0.25, 0.3) is 0 Å². The molecule has 0 saturated heterocycles. The molecule has 0 aromatic heterocycles. The van der Waals surface area contributed by atoms with Crippen molar-refractivity contribution in [1.82, 2.24) is 0 Å². The van der Waals surface area contributed by atoms with Crippen LogP contribution in [-0.4, -0.2) is 30.2 Å². The molecule has 2 aliphatic rings. The third-order valence-electron chi connectivity index (χ3n) is 7.35. The average molecular weight is 427 g/mol. The first-order valence-corrected chi connectivity index (χ1v) is 11.4. The lowest BCUT2D eigenvalue weighted by Gasteiger charge is -2.39. The second-order valence-electron chi connectivity index (χ2n) is 9.94. The number of carbonyl (C=O) groups excluding carboxylic acids is 4. The Balaban J connectivity index is 2.01. The fourth-order valence-corrected chi connectivity index (χ4v) is 5.19. The minimum atomic E-state index is -0.933. The zero-order chi connectivity index (χ0) is 22.9. The van der Waals surface area contributed by atoms with Gasteiger partial charge in [-0.05, 0) is 41.4 Å². The van der Waals surface area contributed by atoms with Crippen LogP contribution in [0.4, 0.5) is 0 Å². The monoisotopic (exact) mass is 426 g/mol. The van der Waals surface area contributed by atoms with Crippen molar-refractivity contribution in [1.29, 1.82) is 0 Å². The summed E-state index contributed by atoms with van der Waals surface area (Å²) in [6, 6.07) is 7.08. The summed E-state index contributed by atoms with van der Waals surface area (Å²) >= 11 is 0. The molecule has 0 radical (unpaired) electrons. The smallest absolute Gasteiger partial charge is 0.144 e. The zero-order valence-corrected chi connectivity index (χ0v) is 19.2. The number of benzene rings is 1. The van der Waals surface area contributed by atoms with Crippen LogP contribution in [-0.2, 0) is 19.2 Å². The molecule has 0 amide bonds. The highest BCUT2D eigenvalue weighted by molar-refractivity contribution is 6.10. The largest absolute Gasteiger partial charge is 0.497 e. The lowest BCUT2D eigenvalue weighted by atomic mass is 9.61. The SMILES string of the molecule is COc1ccc(C(C2C(=O)CC(C(C)C)CC2=O)C2C(=O)CC(C(C)C)CC2=O)cc1. The molecule has 0 aliphatic heterocycles. The molecule has 3 rings (SSSR count). The van der Waals surface area contributed by atoms with E-state index >= 15 is 0 Å². The fourth-order valence-electron chi connectivity index (χ4n) is 5.19. The Labute approximate surface area is 184 Å². The van der Waals surface area contributed by atoms with E-state index in [9.17, 15) is 19.2 Å². The van der Waals surface area contributed by atoms with Crippen molar-refractivity contribution >= 4 is 23.1 Å². The summed E-state index contributed by atoms with van der Waals surface area (Å²) < 4.78 is 5.24.